The third kappa shape index (κ3) is 8.67. The lowest BCUT2D eigenvalue weighted by Gasteiger charge is -2.18. The van der Waals surface area contributed by atoms with E-state index in [4.69, 9.17) is 21.7 Å². The molecule has 10 nitrogen and oxygen atoms in total. The fraction of sp³-hybridized carbons (Fsp3) is 0.310. The molecule has 0 radical (unpaired) electrons. The highest BCUT2D eigenvalue weighted by atomic mass is 35.5. The summed E-state index contributed by atoms with van der Waals surface area (Å²) < 4.78 is 24.9. The molecule has 2 heterocycles. The van der Waals surface area contributed by atoms with E-state index < -0.39 is 15.3 Å². The van der Waals surface area contributed by atoms with Crippen molar-refractivity contribution in [3.8, 4) is 0 Å². The third-order valence-electron chi connectivity index (χ3n) is 6.67. The molecule has 4 N–H and O–H groups in total. The van der Waals surface area contributed by atoms with Gasteiger partial charge in [-0.05, 0) is 73.0 Å². The van der Waals surface area contributed by atoms with Gasteiger partial charge in [-0.1, -0.05) is 48.5 Å². The number of sulfonamides is 1. The number of carbonyl (C=O) groups excluding carboxylic acids is 2. The number of nitrogens with one attached hydrogen (secondary N) is 2. The fourth-order valence-electron chi connectivity index (χ4n) is 4.28. The van der Waals surface area contributed by atoms with Gasteiger partial charge in [-0.15, -0.1) is 11.3 Å². The highest BCUT2D eigenvalue weighted by molar-refractivity contribution is 8.00. The number of fused-ring (bicyclic) bond motifs is 1. The summed E-state index contributed by atoms with van der Waals surface area (Å²) in [6.45, 7) is 4.41. The molecule has 0 aliphatic heterocycles. The van der Waals surface area contributed by atoms with Crippen molar-refractivity contribution in [3.63, 3.8) is 0 Å². The molecule has 228 valence electrons. The van der Waals surface area contributed by atoms with Crippen molar-refractivity contribution in [1.29, 1.82) is 0 Å². The first-order chi connectivity index (χ1) is 20.5. The molecule has 0 spiro atoms. The Morgan fingerprint density at radius 1 is 1.16 bits per heavy atom. The fourth-order valence-corrected chi connectivity index (χ4v) is 6.79. The first kappa shape index (κ1) is 32.7. The number of aromatic nitrogens is 2. The van der Waals surface area contributed by atoms with Crippen LogP contribution in [0.25, 0.3) is 10.2 Å². The van der Waals surface area contributed by atoms with Crippen LogP contribution in [-0.2, 0) is 32.6 Å². The van der Waals surface area contributed by atoms with Crippen molar-refractivity contribution in [3.05, 3.63) is 80.4 Å². The molecule has 2 aromatic heterocycles. The van der Waals surface area contributed by atoms with E-state index in [1.54, 1.807) is 40.3 Å². The first-order valence-corrected chi connectivity index (χ1v) is 17.2. The van der Waals surface area contributed by atoms with E-state index in [0.717, 1.165) is 11.1 Å². The van der Waals surface area contributed by atoms with Crippen molar-refractivity contribution >= 4 is 72.4 Å². The minimum atomic E-state index is -3.75. The molecule has 4 aromatic rings. The number of benzene rings is 2. The Hall–Kier alpha value is -3.23. The van der Waals surface area contributed by atoms with E-state index in [2.05, 4.69) is 10.6 Å². The zero-order chi connectivity index (χ0) is 31.1. The maximum Gasteiger partial charge on any atom is 0.272 e. The van der Waals surface area contributed by atoms with Crippen LogP contribution in [0.15, 0.2) is 68.8 Å². The molecular weight excluding hydrogens is 630 g/mol. The summed E-state index contributed by atoms with van der Waals surface area (Å²) in [6.07, 6.45) is 1.60. The van der Waals surface area contributed by atoms with Crippen LogP contribution in [0.1, 0.15) is 37.3 Å². The Balaban J connectivity index is 1.38. The molecule has 0 aliphatic rings. The summed E-state index contributed by atoms with van der Waals surface area (Å²) in [5, 5.41) is 13.1. The van der Waals surface area contributed by atoms with Gasteiger partial charge in [-0.3, -0.25) is 19.0 Å². The van der Waals surface area contributed by atoms with Crippen molar-refractivity contribution < 1.29 is 18.0 Å². The number of primary sulfonamides is 1. The topological polar surface area (TPSA) is 153 Å². The zero-order valence-corrected chi connectivity index (χ0v) is 26.8. The number of rotatable bonds is 13. The normalized spacial score (nSPS) is 12.3. The average molecular weight is 662 g/mol. The zero-order valence-electron chi connectivity index (χ0n) is 23.6. The molecule has 14 heteroatoms. The molecule has 2 aromatic carbocycles. The lowest BCUT2D eigenvalue weighted by molar-refractivity contribution is -0.121. The number of aryl methyl sites for hydroxylation is 1. The van der Waals surface area contributed by atoms with E-state index in [-0.39, 0.29) is 35.2 Å². The number of amides is 2. The predicted molar refractivity (Wildman–Crippen MR) is 172 cm³/mol. The average Bonchev–Trinajstić information content (AvgIpc) is 3.44. The summed E-state index contributed by atoms with van der Waals surface area (Å²) in [5.74, 6) is -0.390. The molecule has 1 atom stereocenters. The van der Waals surface area contributed by atoms with E-state index in [0.29, 0.717) is 51.9 Å². The van der Waals surface area contributed by atoms with Crippen LogP contribution in [0.3, 0.4) is 0 Å². The van der Waals surface area contributed by atoms with Crippen LogP contribution in [0.5, 0.6) is 0 Å². The predicted octanol–water partition coefficient (Wildman–Crippen LogP) is 4.72. The molecule has 0 aliphatic carbocycles. The summed E-state index contributed by atoms with van der Waals surface area (Å²) in [6, 6.07) is 13.3. The van der Waals surface area contributed by atoms with E-state index in [1.807, 2.05) is 19.9 Å². The smallest absolute Gasteiger partial charge is 0.272 e. The second-order valence-corrected chi connectivity index (χ2v) is 13.9. The van der Waals surface area contributed by atoms with Gasteiger partial charge in [0.2, 0.25) is 21.8 Å². The molecule has 1 unspecified atom stereocenters. The van der Waals surface area contributed by atoms with Crippen LogP contribution in [-0.4, -0.2) is 41.6 Å². The maximum absolute atomic E-state index is 13.4. The minimum absolute atomic E-state index is 0.0328. The largest absolute Gasteiger partial charge is 0.356 e. The summed E-state index contributed by atoms with van der Waals surface area (Å²) in [5.41, 5.74) is 2.74. The monoisotopic (exact) mass is 661 g/mol. The van der Waals surface area contributed by atoms with Crippen LogP contribution in [0.4, 0.5) is 5.69 Å². The molecule has 2 amide bonds. The number of thiophene rings is 1. The van der Waals surface area contributed by atoms with Gasteiger partial charge in [-0.2, -0.15) is 0 Å². The van der Waals surface area contributed by atoms with E-state index >= 15 is 0 Å². The van der Waals surface area contributed by atoms with Gasteiger partial charge in [0.15, 0.2) is 5.16 Å². The number of hydrogen-bond donors (Lipinski definition) is 3. The van der Waals surface area contributed by atoms with Crippen molar-refractivity contribution in [2.24, 2.45) is 5.14 Å². The Labute approximate surface area is 263 Å². The molecule has 0 saturated carbocycles. The van der Waals surface area contributed by atoms with Gasteiger partial charge in [0.1, 0.15) is 4.70 Å². The number of halogens is 1. The number of hydrogen-bond acceptors (Lipinski definition) is 8. The molecule has 0 saturated heterocycles. The summed E-state index contributed by atoms with van der Waals surface area (Å²) in [4.78, 5) is 43.8. The third-order valence-corrected chi connectivity index (χ3v) is 10.1. The van der Waals surface area contributed by atoms with Gasteiger partial charge in [0.05, 0.1) is 15.7 Å². The lowest BCUT2D eigenvalue weighted by atomic mass is 10.1. The molecule has 0 bridgehead atoms. The Morgan fingerprint density at radius 3 is 2.60 bits per heavy atom. The standard InChI is InChI=1S/C29H32ClN5O5S3/c1-3-24(27(37)33-23-17-20(30)9-6-18(23)2)42-29-34-22-13-16-41-26(22)28(38)35(29)15-4-5-25(36)32-14-12-19-7-10-21(11-8-19)43(31,39)40/h6-11,13,16-17,24H,3-5,12,14-15H2,1-2H3,(H,32,36)(H,33,37)(H2,31,39,40). The van der Waals surface area contributed by atoms with Gasteiger partial charge < -0.3 is 10.6 Å². The maximum atomic E-state index is 13.4. The van der Waals surface area contributed by atoms with Gasteiger partial charge in [-0.25, -0.2) is 18.5 Å². The number of thioether (sulfide) groups is 1. The van der Waals surface area contributed by atoms with Crippen molar-refractivity contribution in [2.75, 3.05) is 11.9 Å². The highest BCUT2D eigenvalue weighted by Gasteiger charge is 2.23. The van der Waals surface area contributed by atoms with E-state index in [1.165, 1.54) is 35.2 Å². The Morgan fingerprint density at radius 2 is 1.91 bits per heavy atom. The second kappa shape index (κ2) is 14.5. The van der Waals surface area contributed by atoms with Crippen LogP contribution >= 0.6 is 34.7 Å². The molecule has 4 rings (SSSR count). The molecule has 0 fully saturated rings. The van der Waals surface area contributed by atoms with Gasteiger partial charge >= 0.3 is 0 Å². The van der Waals surface area contributed by atoms with Crippen LogP contribution < -0.4 is 21.3 Å². The van der Waals surface area contributed by atoms with Gasteiger partial charge in [0, 0.05) is 30.2 Å². The van der Waals surface area contributed by atoms with E-state index in [9.17, 15) is 22.8 Å². The minimum Gasteiger partial charge on any atom is -0.356 e. The van der Waals surface area contributed by atoms with Crippen LogP contribution in [0, 0.1) is 6.92 Å². The number of carbonyl (C=O) groups is 2. The molecule has 43 heavy (non-hydrogen) atoms. The Bertz CT molecular complexity index is 1790. The number of nitrogens with zero attached hydrogens (tertiary/aromatic N) is 2. The quantitative estimate of drug-likeness (QED) is 0.138. The highest BCUT2D eigenvalue weighted by Crippen LogP contribution is 2.28. The van der Waals surface area contributed by atoms with Crippen molar-refractivity contribution in [2.45, 2.75) is 61.4 Å². The van der Waals surface area contributed by atoms with Crippen molar-refractivity contribution in [1.82, 2.24) is 14.9 Å². The number of anilines is 1. The lowest BCUT2D eigenvalue weighted by Crippen LogP contribution is -2.29. The van der Waals surface area contributed by atoms with Crippen LogP contribution in [0.2, 0.25) is 5.02 Å². The first-order valence-electron chi connectivity index (χ1n) is 13.6. The SMILES string of the molecule is CCC(Sc1nc2ccsc2c(=O)n1CCCC(=O)NCCc1ccc(S(N)(=O)=O)cc1)C(=O)Nc1cc(Cl)ccc1C. The summed E-state index contributed by atoms with van der Waals surface area (Å²) in [7, 11) is -3.75. The Kier molecular flexibility index (Phi) is 11.0. The number of nitrogens with two attached hydrogens (primary N) is 1. The summed E-state index contributed by atoms with van der Waals surface area (Å²) >= 11 is 8.65. The van der Waals surface area contributed by atoms with Gasteiger partial charge in [0.25, 0.3) is 5.56 Å². The molecular formula is C29H32ClN5O5S3. The second-order valence-electron chi connectivity index (χ2n) is 9.84.